The van der Waals surface area contributed by atoms with Crippen molar-refractivity contribution in [1.29, 1.82) is 0 Å². The average molecular weight is 199 g/mol. The molecule has 14 heavy (non-hydrogen) atoms. The van der Waals surface area contributed by atoms with E-state index in [1.165, 1.54) is 25.7 Å². The van der Waals surface area contributed by atoms with E-state index < -0.39 is 0 Å². The summed E-state index contributed by atoms with van der Waals surface area (Å²) in [5.41, 5.74) is 0. The summed E-state index contributed by atoms with van der Waals surface area (Å²) in [6.45, 7) is 2.72. The third kappa shape index (κ3) is 2.47. The SMILES string of the molecule is CNC1CCCC1OCC1CCOC1. The highest BCUT2D eigenvalue weighted by Gasteiger charge is 2.27. The van der Waals surface area contributed by atoms with Gasteiger partial charge in [0, 0.05) is 18.6 Å². The van der Waals surface area contributed by atoms with Crippen LogP contribution < -0.4 is 5.32 Å². The summed E-state index contributed by atoms with van der Waals surface area (Å²) in [5.74, 6) is 0.646. The molecule has 82 valence electrons. The summed E-state index contributed by atoms with van der Waals surface area (Å²) in [7, 11) is 2.03. The van der Waals surface area contributed by atoms with Crippen LogP contribution in [0, 0.1) is 5.92 Å². The van der Waals surface area contributed by atoms with E-state index in [0.717, 1.165) is 19.8 Å². The molecule has 0 amide bonds. The summed E-state index contributed by atoms with van der Waals surface area (Å²) in [5, 5.41) is 3.33. The first kappa shape index (κ1) is 10.4. The third-order valence-electron chi connectivity index (χ3n) is 3.39. The van der Waals surface area contributed by atoms with Crippen LogP contribution in [-0.2, 0) is 9.47 Å². The summed E-state index contributed by atoms with van der Waals surface area (Å²) < 4.78 is 11.3. The number of ether oxygens (including phenoxy) is 2. The molecule has 2 aliphatic rings. The van der Waals surface area contributed by atoms with Gasteiger partial charge in [0.2, 0.25) is 0 Å². The first-order valence-corrected chi connectivity index (χ1v) is 5.76. The molecular formula is C11H21NO2. The molecule has 1 aliphatic heterocycles. The predicted molar refractivity (Wildman–Crippen MR) is 55.4 cm³/mol. The van der Waals surface area contributed by atoms with E-state index in [-0.39, 0.29) is 0 Å². The van der Waals surface area contributed by atoms with E-state index >= 15 is 0 Å². The molecule has 0 radical (unpaired) electrons. The summed E-state index contributed by atoms with van der Waals surface area (Å²) >= 11 is 0. The highest BCUT2D eigenvalue weighted by molar-refractivity contribution is 4.83. The van der Waals surface area contributed by atoms with E-state index in [4.69, 9.17) is 9.47 Å². The Hall–Kier alpha value is -0.120. The van der Waals surface area contributed by atoms with Crippen LogP contribution in [0.2, 0.25) is 0 Å². The van der Waals surface area contributed by atoms with Gasteiger partial charge >= 0.3 is 0 Å². The van der Waals surface area contributed by atoms with Crippen molar-refractivity contribution in [2.24, 2.45) is 5.92 Å². The van der Waals surface area contributed by atoms with Crippen LogP contribution in [-0.4, -0.2) is 39.0 Å². The van der Waals surface area contributed by atoms with Gasteiger partial charge in [-0.1, -0.05) is 0 Å². The number of likely N-dealkylation sites (N-methyl/N-ethyl adjacent to an activating group) is 1. The largest absolute Gasteiger partial charge is 0.381 e. The molecule has 0 bridgehead atoms. The monoisotopic (exact) mass is 199 g/mol. The van der Waals surface area contributed by atoms with Crippen LogP contribution in [0.3, 0.4) is 0 Å². The van der Waals surface area contributed by atoms with Gasteiger partial charge in [-0.3, -0.25) is 0 Å². The van der Waals surface area contributed by atoms with Gasteiger partial charge in [0.1, 0.15) is 0 Å². The van der Waals surface area contributed by atoms with Crippen molar-refractivity contribution >= 4 is 0 Å². The first-order chi connectivity index (χ1) is 6.90. The molecule has 3 unspecified atom stereocenters. The molecular weight excluding hydrogens is 178 g/mol. The lowest BCUT2D eigenvalue weighted by molar-refractivity contribution is 0.0169. The Labute approximate surface area is 86.2 Å². The van der Waals surface area contributed by atoms with Gasteiger partial charge in [-0.15, -0.1) is 0 Å². The van der Waals surface area contributed by atoms with Crippen molar-refractivity contribution in [3.8, 4) is 0 Å². The first-order valence-electron chi connectivity index (χ1n) is 5.76. The van der Waals surface area contributed by atoms with Crippen molar-refractivity contribution in [1.82, 2.24) is 5.32 Å². The number of nitrogens with one attached hydrogen (secondary N) is 1. The minimum Gasteiger partial charge on any atom is -0.381 e. The second kappa shape index (κ2) is 5.10. The highest BCUT2D eigenvalue weighted by atomic mass is 16.5. The molecule has 0 aromatic rings. The molecule has 1 heterocycles. The van der Waals surface area contributed by atoms with Gasteiger partial charge in [0.15, 0.2) is 0 Å². The zero-order chi connectivity index (χ0) is 9.80. The van der Waals surface area contributed by atoms with Gasteiger partial charge in [0.25, 0.3) is 0 Å². The maximum atomic E-state index is 5.95. The van der Waals surface area contributed by atoms with E-state index in [9.17, 15) is 0 Å². The highest BCUT2D eigenvalue weighted by Crippen LogP contribution is 2.23. The van der Waals surface area contributed by atoms with Crippen molar-refractivity contribution in [3.63, 3.8) is 0 Å². The van der Waals surface area contributed by atoms with Crippen molar-refractivity contribution in [2.45, 2.75) is 37.8 Å². The normalized spacial score (nSPS) is 37.9. The smallest absolute Gasteiger partial charge is 0.0728 e. The van der Waals surface area contributed by atoms with E-state index in [2.05, 4.69) is 5.32 Å². The summed E-state index contributed by atoms with van der Waals surface area (Å²) in [4.78, 5) is 0. The number of hydrogen-bond donors (Lipinski definition) is 1. The zero-order valence-electron chi connectivity index (χ0n) is 9.00. The molecule has 3 heteroatoms. The van der Waals surface area contributed by atoms with Crippen LogP contribution in [0.15, 0.2) is 0 Å². The minimum atomic E-state index is 0.445. The summed E-state index contributed by atoms with van der Waals surface area (Å²) in [6, 6.07) is 0.581. The zero-order valence-corrected chi connectivity index (χ0v) is 9.00. The fraction of sp³-hybridized carbons (Fsp3) is 1.00. The van der Waals surface area contributed by atoms with Gasteiger partial charge in [-0.05, 0) is 32.7 Å². The van der Waals surface area contributed by atoms with Crippen LogP contribution in [0.4, 0.5) is 0 Å². The van der Waals surface area contributed by atoms with Gasteiger partial charge < -0.3 is 14.8 Å². The molecule has 1 saturated heterocycles. The maximum Gasteiger partial charge on any atom is 0.0728 e. The molecule has 0 aromatic heterocycles. The van der Waals surface area contributed by atoms with Crippen LogP contribution in [0.25, 0.3) is 0 Å². The third-order valence-corrected chi connectivity index (χ3v) is 3.39. The average Bonchev–Trinajstić information content (AvgIpc) is 2.85. The van der Waals surface area contributed by atoms with E-state index in [1.54, 1.807) is 0 Å². The maximum absolute atomic E-state index is 5.95. The molecule has 3 atom stereocenters. The lowest BCUT2D eigenvalue weighted by atomic mass is 10.1. The van der Waals surface area contributed by atoms with Crippen molar-refractivity contribution < 1.29 is 9.47 Å². The van der Waals surface area contributed by atoms with Crippen LogP contribution in [0.1, 0.15) is 25.7 Å². The Morgan fingerprint density at radius 3 is 3.00 bits per heavy atom. The predicted octanol–water partition coefficient (Wildman–Crippen LogP) is 1.18. The second-order valence-electron chi connectivity index (χ2n) is 4.43. The van der Waals surface area contributed by atoms with Crippen molar-refractivity contribution in [3.05, 3.63) is 0 Å². The van der Waals surface area contributed by atoms with Crippen molar-refractivity contribution in [2.75, 3.05) is 26.9 Å². The molecule has 1 saturated carbocycles. The standard InChI is InChI=1S/C11H21NO2/c1-12-10-3-2-4-11(10)14-8-9-5-6-13-7-9/h9-12H,2-8H2,1H3. The van der Waals surface area contributed by atoms with Gasteiger partial charge in [0.05, 0.1) is 19.3 Å². The Bertz CT molecular complexity index is 169. The second-order valence-corrected chi connectivity index (χ2v) is 4.43. The fourth-order valence-corrected chi connectivity index (χ4v) is 2.43. The Balaban J connectivity index is 1.68. The van der Waals surface area contributed by atoms with E-state index in [1.807, 2.05) is 7.05 Å². The number of hydrogen-bond acceptors (Lipinski definition) is 3. The molecule has 1 N–H and O–H groups in total. The lowest BCUT2D eigenvalue weighted by Crippen LogP contribution is -2.35. The van der Waals surface area contributed by atoms with E-state index in [0.29, 0.717) is 18.1 Å². The Morgan fingerprint density at radius 1 is 1.36 bits per heavy atom. The van der Waals surface area contributed by atoms with Crippen LogP contribution >= 0.6 is 0 Å². The van der Waals surface area contributed by atoms with Gasteiger partial charge in [-0.25, -0.2) is 0 Å². The molecule has 2 rings (SSSR count). The quantitative estimate of drug-likeness (QED) is 0.737. The molecule has 0 aromatic carbocycles. The summed E-state index contributed by atoms with van der Waals surface area (Å²) in [6.07, 6.45) is 5.41. The Morgan fingerprint density at radius 2 is 2.29 bits per heavy atom. The van der Waals surface area contributed by atoms with Crippen LogP contribution in [0.5, 0.6) is 0 Å². The fourth-order valence-electron chi connectivity index (χ4n) is 2.43. The Kier molecular flexibility index (Phi) is 3.79. The molecule has 3 nitrogen and oxygen atoms in total. The topological polar surface area (TPSA) is 30.5 Å². The van der Waals surface area contributed by atoms with Gasteiger partial charge in [-0.2, -0.15) is 0 Å². The molecule has 2 fully saturated rings. The molecule has 1 aliphatic carbocycles. The molecule has 0 spiro atoms. The number of rotatable bonds is 4. The lowest BCUT2D eigenvalue weighted by Gasteiger charge is -2.21. The minimum absolute atomic E-state index is 0.445.